The summed E-state index contributed by atoms with van der Waals surface area (Å²) in [5, 5.41) is 18.0. The zero-order valence-electron chi connectivity index (χ0n) is 13.9. The minimum atomic E-state index is -1.21. The molecular formula is C20H18N2O2S. The molecule has 2 aromatic carbocycles. The Morgan fingerprint density at radius 2 is 2.00 bits per heavy atom. The fourth-order valence-corrected chi connectivity index (χ4v) is 3.95. The molecule has 1 aliphatic heterocycles. The topological polar surface area (TPSA) is 64.3 Å². The van der Waals surface area contributed by atoms with Gasteiger partial charge in [-0.2, -0.15) is 5.26 Å². The van der Waals surface area contributed by atoms with E-state index in [1.54, 1.807) is 17.8 Å². The largest absolute Gasteiger partial charge is 0.477 e. The second-order valence-electron chi connectivity index (χ2n) is 5.78. The first-order valence-electron chi connectivity index (χ1n) is 8.17. The maximum atomic E-state index is 11.1. The van der Waals surface area contributed by atoms with Crippen LogP contribution in [-0.4, -0.2) is 17.6 Å². The van der Waals surface area contributed by atoms with Crippen LogP contribution in [0.25, 0.3) is 6.08 Å². The second kappa shape index (κ2) is 7.45. The quantitative estimate of drug-likeness (QED) is 0.602. The molecule has 3 rings (SSSR count). The molecule has 5 heteroatoms. The molecule has 4 nitrogen and oxygen atoms in total. The summed E-state index contributed by atoms with van der Waals surface area (Å²) in [4.78, 5) is 15.6. The van der Waals surface area contributed by atoms with Gasteiger partial charge in [0.15, 0.2) is 0 Å². The molecule has 1 heterocycles. The lowest BCUT2D eigenvalue weighted by Crippen LogP contribution is -2.21. The Hall–Kier alpha value is -2.71. The maximum absolute atomic E-state index is 11.1. The SMILES string of the molecule is CCCCN1c2ccccc2Sc2cc(/C=C(/C#N)C(=O)O)ccc21. The first-order valence-corrected chi connectivity index (χ1v) is 8.99. The van der Waals surface area contributed by atoms with Gasteiger partial charge in [-0.15, -0.1) is 0 Å². The van der Waals surface area contributed by atoms with Crippen LogP contribution in [0.3, 0.4) is 0 Å². The van der Waals surface area contributed by atoms with Crippen LogP contribution in [0.5, 0.6) is 0 Å². The monoisotopic (exact) mass is 350 g/mol. The fourth-order valence-electron chi connectivity index (χ4n) is 2.81. The summed E-state index contributed by atoms with van der Waals surface area (Å²) in [6.45, 7) is 3.11. The van der Waals surface area contributed by atoms with Gasteiger partial charge < -0.3 is 10.0 Å². The van der Waals surface area contributed by atoms with E-state index in [9.17, 15) is 4.79 Å². The van der Waals surface area contributed by atoms with Gasteiger partial charge in [-0.25, -0.2) is 4.79 Å². The van der Waals surface area contributed by atoms with Crippen molar-refractivity contribution in [3.8, 4) is 6.07 Å². The highest BCUT2D eigenvalue weighted by Crippen LogP contribution is 2.48. The van der Waals surface area contributed by atoms with Gasteiger partial charge in [0.05, 0.1) is 11.4 Å². The van der Waals surface area contributed by atoms with Crippen LogP contribution in [-0.2, 0) is 4.79 Å². The van der Waals surface area contributed by atoms with E-state index in [0.717, 1.165) is 35.5 Å². The first-order chi connectivity index (χ1) is 12.1. The van der Waals surface area contributed by atoms with Crippen LogP contribution in [0.2, 0.25) is 0 Å². The molecule has 2 aromatic rings. The average Bonchev–Trinajstić information content (AvgIpc) is 2.62. The predicted octanol–water partition coefficient (Wildman–Crippen LogP) is 5.08. The van der Waals surface area contributed by atoms with E-state index in [-0.39, 0.29) is 5.57 Å². The van der Waals surface area contributed by atoms with Gasteiger partial charge in [-0.3, -0.25) is 0 Å². The molecule has 0 saturated heterocycles. The average molecular weight is 350 g/mol. The van der Waals surface area contributed by atoms with Crippen molar-refractivity contribution in [3.63, 3.8) is 0 Å². The zero-order valence-corrected chi connectivity index (χ0v) is 14.7. The Morgan fingerprint density at radius 1 is 1.24 bits per heavy atom. The number of para-hydroxylation sites is 1. The summed E-state index contributed by atoms with van der Waals surface area (Å²) < 4.78 is 0. The number of carboxylic acids is 1. The standard InChI is InChI=1S/C20H18N2O2S/c1-2-3-10-22-16-6-4-5-7-18(16)25-19-12-14(8-9-17(19)22)11-15(13-21)20(23)24/h4-9,11-12H,2-3,10H2,1H3,(H,23,24)/b15-11-. The van der Waals surface area contributed by atoms with Crippen molar-refractivity contribution in [2.24, 2.45) is 0 Å². The summed E-state index contributed by atoms with van der Waals surface area (Å²) in [6, 6.07) is 15.9. The molecule has 0 radical (unpaired) electrons. The highest BCUT2D eigenvalue weighted by molar-refractivity contribution is 7.99. The number of rotatable bonds is 5. The van der Waals surface area contributed by atoms with Crippen LogP contribution in [0.15, 0.2) is 57.8 Å². The summed E-state index contributed by atoms with van der Waals surface area (Å²) >= 11 is 1.68. The molecule has 0 unspecified atom stereocenters. The van der Waals surface area contributed by atoms with Crippen LogP contribution in [0, 0.1) is 11.3 Å². The number of fused-ring (bicyclic) bond motifs is 2. The van der Waals surface area contributed by atoms with Crippen molar-refractivity contribution in [1.82, 2.24) is 0 Å². The van der Waals surface area contributed by atoms with Gasteiger partial charge in [0.25, 0.3) is 0 Å². The first kappa shape index (κ1) is 17.1. The minimum Gasteiger partial charge on any atom is -0.477 e. The van der Waals surface area contributed by atoms with Crippen molar-refractivity contribution < 1.29 is 9.90 Å². The van der Waals surface area contributed by atoms with Gasteiger partial charge in [0.2, 0.25) is 0 Å². The summed E-state index contributed by atoms with van der Waals surface area (Å²) in [7, 11) is 0. The zero-order chi connectivity index (χ0) is 17.8. The lowest BCUT2D eigenvalue weighted by atomic mass is 10.1. The van der Waals surface area contributed by atoms with Crippen molar-refractivity contribution >= 4 is 35.2 Å². The molecule has 25 heavy (non-hydrogen) atoms. The van der Waals surface area contributed by atoms with Crippen LogP contribution < -0.4 is 4.90 Å². The highest BCUT2D eigenvalue weighted by atomic mass is 32.2. The van der Waals surface area contributed by atoms with Crippen LogP contribution in [0.1, 0.15) is 25.3 Å². The van der Waals surface area contributed by atoms with Gasteiger partial charge in [-0.1, -0.05) is 43.3 Å². The number of anilines is 2. The second-order valence-corrected chi connectivity index (χ2v) is 6.86. The lowest BCUT2D eigenvalue weighted by molar-refractivity contribution is -0.132. The number of hydrogen-bond acceptors (Lipinski definition) is 4. The number of carbonyl (C=O) groups is 1. The highest BCUT2D eigenvalue weighted by Gasteiger charge is 2.22. The van der Waals surface area contributed by atoms with E-state index >= 15 is 0 Å². The summed E-state index contributed by atoms with van der Waals surface area (Å²) in [6.07, 6.45) is 3.63. The Labute approximate surface area is 151 Å². The molecule has 126 valence electrons. The van der Waals surface area contributed by atoms with Crippen molar-refractivity contribution in [2.45, 2.75) is 29.6 Å². The number of benzene rings is 2. The molecule has 0 aliphatic carbocycles. The lowest BCUT2D eigenvalue weighted by Gasteiger charge is -2.33. The van der Waals surface area contributed by atoms with E-state index < -0.39 is 5.97 Å². The smallest absolute Gasteiger partial charge is 0.346 e. The van der Waals surface area contributed by atoms with Gasteiger partial charge in [0, 0.05) is 16.3 Å². The molecule has 0 amide bonds. The van der Waals surface area contributed by atoms with Crippen molar-refractivity contribution in [2.75, 3.05) is 11.4 Å². The van der Waals surface area contributed by atoms with E-state index in [2.05, 4.69) is 24.0 Å². The normalized spacial score (nSPS) is 13.0. The van der Waals surface area contributed by atoms with Gasteiger partial charge in [-0.05, 0) is 42.3 Å². The van der Waals surface area contributed by atoms with Crippen LogP contribution in [0.4, 0.5) is 11.4 Å². The fraction of sp³-hybridized carbons (Fsp3) is 0.200. The Morgan fingerprint density at radius 3 is 2.72 bits per heavy atom. The third kappa shape index (κ3) is 3.54. The molecule has 1 N–H and O–H groups in total. The molecule has 0 saturated carbocycles. The number of unbranched alkanes of at least 4 members (excludes halogenated alkanes) is 1. The van der Waals surface area contributed by atoms with Crippen molar-refractivity contribution in [1.29, 1.82) is 5.26 Å². The van der Waals surface area contributed by atoms with Crippen LogP contribution >= 0.6 is 11.8 Å². The molecule has 0 fully saturated rings. The number of nitrogens with zero attached hydrogens (tertiary/aromatic N) is 2. The Kier molecular flexibility index (Phi) is 5.11. The number of aliphatic carboxylic acids is 1. The summed E-state index contributed by atoms with van der Waals surface area (Å²) in [5.74, 6) is -1.21. The molecule has 0 aromatic heterocycles. The van der Waals surface area contributed by atoms with E-state index in [4.69, 9.17) is 10.4 Å². The van der Waals surface area contributed by atoms with E-state index in [1.807, 2.05) is 30.3 Å². The summed E-state index contributed by atoms with van der Waals surface area (Å²) in [5.41, 5.74) is 2.80. The molecule has 0 atom stereocenters. The number of nitriles is 1. The van der Waals surface area contributed by atoms with Gasteiger partial charge >= 0.3 is 5.97 Å². The van der Waals surface area contributed by atoms with Gasteiger partial charge in [0.1, 0.15) is 11.6 Å². The predicted molar refractivity (Wildman–Crippen MR) is 100 cm³/mol. The Bertz CT molecular complexity index is 884. The maximum Gasteiger partial charge on any atom is 0.346 e. The number of carboxylic acid groups (broad SMARTS) is 1. The number of hydrogen-bond donors (Lipinski definition) is 1. The molecule has 1 aliphatic rings. The van der Waals surface area contributed by atoms with E-state index in [1.165, 1.54) is 16.7 Å². The minimum absolute atomic E-state index is 0.260. The third-order valence-electron chi connectivity index (χ3n) is 4.05. The third-order valence-corrected chi connectivity index (χ3v) is 5.16. The molecule has 0 bridgehead atoms. The molecule has 0 spiro atoms. The molecular weight excluding hydrogens is 332 g/mol. The van der Waals surface area contributed by atoms with E-state index in [0.29, 0.717) is 0 Å². The van der Waals surface area contributed by atoms with Crippen molar-refractivity contribution in [3.05, 3.63) is 53.6 Å². The Balaban J connectivity index is 2.03.